The van der Waals surface area contributed by atoms with Crippen molar-refractivity contribution in [3.63, 3.8) is 0 Å². The van der Waals surface area contributed by atoms with Gasteiger partial charge in [0.2, 0.25) is 0 Å². The number of benzene rings is 1. The highest BCUT2D eigenvalue weighted by molar-refractivity contribution is 6.53. The number of rotatable bonds is 3. The molecule has 7 nitrogen and oxygen atoms in total. The molecule has 4 amide bonds. The van der Waals surface area contributed by atoms with E-state index >= 15 is 0 Å². The van der Waals surface area contributed by atoms with Crippen molar-refractivity contribution in [3.8, 4) is 11.5 Å². The predicted molar refractivity (Wildman–Crippen MR) is 60.6 cm³/mol. The minimum Gasteiger partial charge on any atom is -0.497 e. The van der Waals surface area contributed by atoms with Crippen LogP contribution in [0, 0.1) is 0 Å². The van der Waals surface area contributed by atoms with E-state index in [9.17, 15) is 14.4 Å². The Balaban J connectivity index is 2.48. The molecule has 1 aliphatic heterocycles. The topological polar surface area (TPSA) is 84.9 Å². The van der Waals surface area contributed by atoms with Crippen molar-refractivity contribution >= 4 is 23.5 Å². The lowest BCUT2D eigenvalue weighted by molar-refractivity contribution is -0.134. The van der Waals surface area contributed by atoms with Crippen LogP contribution in [0.4, 0.5) is 10.5 Å². The molecule has 1 fully saturated rings. The first kappa shape index (κ1) is 11.9. The first-order valence-electron chi connectivity index (χ1n) is 5.00. The van der Waals surface area contributed by atoms with Gasteiger partial charge in [-0.1, -0.05) is 0 Å². The second-order valence-electron chi connectivity index (χ2n) is 3.44. The van der Waals surface area contributed by atoms with Crippen LogP contribution in [0.1, 0.15) is 0 Å². The first-order chi connectivity index (χ1) is 8.58. The molecule has 0 bridgehead atoms. The molecule has 1 aromatic rings. The van der Waals surface area contributed by atoms with Gasteiger partial charge in [-0.2, -0.15) is 0 Å². The Morgan fingerprint density at radius 2 is 1.83 bits per heavy atom. The Hall–Kier alpha value is -2.57. The summed E-state index contributed by atoms with van der Waals surface area (Å²) in [5.41, 5.74) is 0.187. The van der Waals surface area contributed by atoms with Crippen molar-refractivity contribution in [2.24, 2.45) is 0 Å². The number of anilines is 1. The summed E-state index contributed by atoms with van der Waals surface area (Å²) in [6.07, 6.45) is 0. The van der Waals surface area contributed by atoms with Crippen molar-refractivity contribution < 1.29 is 23.9 Å². The second-order valence-corrected chi connectivity index (χ2v) is 3.44. The quantitative estimate of drug-likeness (QED) is 0.615. The van der Waals surface area contributed by atoms with Crippen LogP contribution in [0.25, 0.3) is 0 Å². The van der Waals surface area contributed by atoms with E-state index in [-0.39, 0.29) is 11.4 Å². The molecule has 0 unspecified atom stereocenters. The third-order valence-corrected chi connectivity index (χ3v) is 2.45. The number of nitrogens with one attached hydrogen (secondary N) is 1. The number of imide groups is 2. The molecule has 1 saturated heterocycles. The summed E-state index contributed by atoms with van der Waals surface area (Å²) in [4.78, 5) is 34.9. The maximum Gasteiger partial charge on any atom is 0.336 e. The van der Waals surface area contributed by atoms with Crippen molar-refractivity contribution in [2.45, 2.75) is 0 Å². The van der Waals surface area contributed by atoms with E-state index in [0.717, 1.165) is 4.90 Å². The highest BCUT2D eigenvalue weighted by Crippen LogP contribution is 2.33. The molecule has 1 aromatic carbocycles. The van der Waals surface area contributed by atoms with E-state index in [1.54, 1.807) is 6.07 Å². The lowest BCUT2D eigenvalue weighted by Crippen LogP contribution is -2.31. The number of hydrogen-bond donors (Lipinski definition) is 1. The van der Waals surface area contributed by atoms with Crippen LogP contribution >= 0.6 is 0 Å². The van der Waals surface area contributed by atoms with E-state index in [4.69, 9.17) is 9.47 Å². The molecule has 1 aliphatic rings. The molecule has 0 atom stereocenters. The monoisotopic (exact) mass is 250 g/mol. The Morgan fingerprint density at radius 1 is 1.11 bits per heavy atom. The summed E-state index contributed by atoms with van der Waals surface area (Å²) in [6.45, 7) is 0. The van der Waals surface area contributed by atoms with Crippen LogP contribution < -0.4 is 19.7 Å². The number of methoxy groups -OCH3 is 2. The minimum absolute atomic E-state index is 0.187. The molecule has 1 N–H and O–H groups in total. The minimum atomic E-state index is -0.960. The average molecular weight is 250 g/mol. The molecule has 0 aliphatic carbocycles. The molecular formula is C11H10N2O5. The molecule has 0 spiro atoms. The van der Waals surface area contributed by atoms with E-state index < -0.39 is 17.8 Å². The lowest BCUT2D eigenvalue weighted by atomic mass is 10.2. The summed E-state index contributed by atoms with van der Waals surface area (Å²) in [7, 11) is 2.87. The average Bonchev–Trinajstić information content (AvgIpc) is 2.62. The molecular weight excluding hydrogens is 240 g/mol. The standard InChI is InChI=1S/C11H10N2O5/c1-17-6-3-4-7(8(5-6)18-2)13-10(15)9(14)12-11(13)16/h3-5H,1-2H3,(H,12,14,16). The Morgan fingerprint density at radius 3 is 2.33 bits per heavy atom. The van der Waals surface area contributed by atoms with Gasteiger partial charge in [0.1, 0.15) is 11.5 Å². The second kappa shape index (κ2) is 4.36. The third-order valence-electron chi connectivity index (χ3n) is 2.45. The fourth-order valence-electron chi connectivity index (χ4n) is 1.59. The molecule has 94 valence electrons. The van der Waals surface area contributed by atoms with Crippen LogP contribution in [0.5, 0.6) is 11.5 Å². The molecule has 0 saturated carbocycles. The van der Waals surface area contributed by atoms with Gasteiger partial charge in [-0.25, -0.2) is 9.69 Å². The number of ether oxygens (including phenoxy) is 2. The predicted octanol–water partition coefficient (Wildman–Crippen LogP) is 0.287. The lowest BCUT2D eigenvalue weighted by Gasteiger charge is -2.15. The van der Waals surface area contributed by atoms with Crippen LogP contribution in [-0.4, -0.2) is 32.1 Å². The Labute approximate surface area is 102 Å². The number of carbonyl (C=O) groups excluding carboxylic acids is 3. The Bertz CT molecular complexity index is 540. The smallest absolute Gasteiger partial charge is 0.336 e. The maximum atomic E-state index is 11.5. The zero-order valence-electron chi connectivity index (χ0n) is 9.72. The highest BCUT2D eigenvalue weighted by Gasteiger charge is 2.39. The van der Waals surface area contributed by atoms with Crippen molar-refractivity contribution in [1.29, 1.82) is 0 Å². The largest absolute Gasteiger partial charge is 0.497 e. The van der Waals surface area contributed by atoms with Gasteiger partial charge in [0, 0.05) is 6.07 Å². The summed E-state index contributed by atoms with van der Waals surface area (Å²) >= 11 is 0. The fourth-order valence-corrected chi connectivity index (χ4v) is 1.59. The van der Waals surface area contributed by atoms with Gasteiger partial charge < -0.3 is 9.47 Å². The molecule has 0 radical (unpaired) electrons. The van der Waals surface area contributed by atoms with Gasteiger partial charge in [-0.3, -0.25) is 14.9 Å². The third kappa shape index (κ3) is 1.75. The molecule has 1 heterocycles. The molecule has 18 heavy (non-hydrogen) atoms. The summed E-state index contributed by atoms with van der Waals surface area (Å²) < 4.78 is 10.1. The highest BCUT2D eigenvalue weighted by atomic mass is 16.5. The van der Waals surface area contributed by atoms with E-state index in [2.05, 4.69) is 0 Å². The van der Waals surface area contributed by atoms with Gasteiger partial charge in [0.15, 0.2) is 0 Å². The number of hydrogen-bond acceptors (Lipinski definition) is 5. The van der Waals surface area contributed by atoms with Gasteiger partial charge >= 0.3 is 17.8 Å². The maximum absolute atomic E-state index is 11.5. The van der Waals surface area contributed by atoms with E-state index in [1.807, 2.05) is 5.32 Å². The molecule has 7 heteroatoms. The Kier molecular flexibility index (Phi) is 2.88. The fraction of sp³-hybridized carbons (Fsp3) is 0.182. The van der Waals surface area contributed by atoms with E-state index in [0.29, 0.717) is 5.75 Å². The van der Waals surface area contributed by atoms with Crippen LogP contribution in [-0.2, 0) is 9.59 Å². The summed E-state index contributed by atoms with van der Waals surface area (Å²) in [6, 6.07) is 3.74. The zero-order chi connectivity index (χ0) is 13.3. The number of amides is 4. The zero-order valence-corrected chi connectivity index (χ0v) is 9.72. The van der Waals surface area contributed by atoms with Gasteiger partial charge in [-0.05, 0) is 12.1 Å². The first-order valence-corrected chi connectivity index (χ1v) is 5.00. The normalized spacial score (nSPS) is 14.8. The van der Waals surface area contributed by atoms with Crippen LogP contribution in [0.15, 0.2) is 18.2 Å². The number of carbonyl (C=O) groups is 3. The number of urea groups is 1. The molecule has 0 aromatic heterocycles. The number of nitrogens with zero attached hydrogens (tertiary/aromatic N) is 1. The van der Waals surface area contributed by atoms with E-state index in [1.165, 1.54) is 26.4 Å². The van der Waals surface area contributed by atoms with Crippen LogP contribution in [0.3, 0.4) is 0 Å². The van der Waals surface area contributed by atoms with Gasteiger partial charge in [-0.15, -0.1) is 0 Å². The summed E-state index contributed by atoms with van der Waals surface area (Å²) in [5, 5.41) is 1.91. The van der Waals surface area contributed by atoms with Crippen molar-refractivity contribution in [3.05, 3.63) is 18.2 Å². The van der Waals surface area contributed by atoms with Gasteiger partial charge in [0.05, 0.1) is 19.9 Å². The summed E-state index contributed by atoms with van der Waals surface area (Å²) in [5.74, 6) is -1.14. The SMILES string of the molecule is COc1ccc(N2C(=O)NC(=O)C2=O)c(OC)c1. The van der Waals surface area contributed by atoms with Crippen LogP contribution in [0.2, 0.25) is 0 Å². The molecule has 2 rings (SSSR count). The van der Waals surface area contributed by atoms with Gasteiger partial charge in [0.25, 0.3) is 0 Å². The van der Waals surface area contributed by atoms with Crippen molar-refractivity contribution in [2.75, 3.05) is 19.1 Å². The van der Waals surface area contributed by atoms with Crippen molar-refractivity contribution in [1.82, 2.24) is 5.32 Å².